The number of methoxy groups -OCH3 is 2. The predicted octanol–water partition coefficient (Wildman–Crippen LogP) is 4.41. The Hall–Kier alpha value is -2.99. The Kier molecular flexibility index (Phi) is 7.55. The molecule has 1 fully saturated rings. The molecule has 0 aliphatic carbocycles. The number of benzene rings is 2. The molecule has 4 rings (SSSR count). The van der Waals surface area contributed by atoms with Gasteiger partial charge < -0.3 is 24.3 Å². The van der Waals surface area contributed by atoms with Crippen LogP contribution in [0.4, 0.5) is 0 Å². The molecule has 0 unspecified atom stereocenters. The summed E-state index contributed by atoms with van der Waals surface area (Å²) in [6, 6.07) is 14.3. The fraction of sp³-hybridized carbons (Fsp3) is 0.444. The van der Waals surface area contributed by atoms with Gasteiger partial charge in [0.2, 0.25) is 5.91 Å². The second-order valence-corrected chi connectivity index (χ2v) is 8.69. The second-order valence-electron chi connectivity index (χ2n) is 8.69. The molecule has 1 N–H and O–H groups in total. The minimum Gasteiger partial charge on any atom is -0.497 e. The van der Waals surface area contributed by atoms with Crippen LogP contribution < -0.4 is 14.8 Å². The van der Waals surface area contributed by atoms with Crippen molar-refractivity contribution in [2.24, 2.45) is 0 Å². The maximum Gasteiger partial charge on any atom is 0.220 e. The Labute approximate surface area is 196 Å². The van der Waals surface area contributed by atoms with Crippen LogP contribution >= 0.6 is 0 Å². The zero-order valence-corrected chi connectivity index (χ0v) is 20.0. The largest absolute Gasteiger partial charge is 0.497 e. The van der Waals surface area contributed by atoms with Crippen molar-refractivity contribution in [3.8, 4) is 11.5 Å². The van der Waals surface area contributed by atoms with Crippen molar-refractivity contribution in [1.29, 1.82) is 0 Å². The van der Waals surface area contributed by atoms with Crippen molar-refractivity contribution in [2.75, 3.05) is 40.4 Å². The van der Waals surface area contributed by atoms with Crippen molar-refractivity contribution in [2.45, 2.75) is 38.6 Å². The van der Waals surface area contributed by atoms with E-state index in [2.05, 4.69) is 52.2 Å². The molecule has 2 heterocycles. The number of carbonyl (C=O) groups excluding carboxylic acids is 1. The number of likely N-dealkylation sites (tertiary alicyclic amines) is 1. The molecule has 1 atom stereocenters. The summed E-state index contributed by atoms with van der Waals surface area (Å²) in [7, 11) is 3.31. The lowest BCUT2D eigenvalue weighted by atomic mass is 9.87. The van der Waals surface area contributed by atoms with Crippen LogP contribution in [0, 0.1) is 0 Å². The molecule has 176 valence electrons. The molecule has 1 saturated heterocycles. The van der Waals surface area contributed by atoms with Gasteiger partial charge in [0.1, 0.15) is 11.5 Å². The zero-order valence-electron chi connectivity index (χ0n) is 20.0. The van der Waals surface area contributed by atoms with E-state index in [4.69, 9.17) is 9.47 Å². The Morgan fingerprint density at radius 1 is 1.06 bits per heavy atom. The number of fused-ring (bicyclic) bond motifs is 1. The molecular weight excluding hydrogens is 414 g/mol. The number of hydrogen-bond acceptors (Lipinski definition) is 4. The number of hydrogen-bond donors (Lipinski definition) is 1. The molecule has 6 nitrogen and oxygen atoms in total. The second kappa shape index (κ2) is 10.8. The van der Waals surface area contributed by atoms with Crippen molar-refractivity contribution in [3.63, 3.8) is 0 Å². The van der Waals surface area contributed by atoms with Crippen molar-refractivity contribution < 1.29 is 14.3 Å². The first kappa shape index (κ1) is 23.2. The molecule has 1 amide bonds. The number of nitrogens with zero attached hydrogens (tertiary/aromatic N) is 2. The Bertz CT molecular complexity index is 1060. The van der Waals surface area contributed by atoms with Crippen LogP contribution in [0.5, 0.6) is 11.5 Å². The summed E-state index contributed by atoms with van der Waals surface area (Å²) in [4.78, 5) is 15.5. The third-order valence-corrected chi connectivity index (χ3v) is 6.65. The van der Waals surface area contributed by atoms with Gasteiger partial charge in [-0.25, -0.2) is 0 Å². The maximum atomic E-state index is 13.1. The number of ether oxygens (including phenoxy) is 2. The van der Waals surface area contributed by atoms with Gasteiger partial charge in [0.05, 0.1) is 14.2 Å². The average molecular weight is 450 g/mol. The molecule has 1 aliphatic rings. The van der Waals surface area contributed by atoms with Gasteiger partial charge in [-0.3, -0.25) is 4.79 Å². The highest BCUT2D eigenvalue weighted by Gasteiger charge is 2.24. The van der Waals surface area contributed by atoms with Gasteiger partial charge in [-0.1, -0.05) is 18.2 Å². The summed E-state index contributed by atoms with van der Waals surface area (Å²) in [6.07, 6.45) is 5.08. The van der Waals surface area contributed by atoms with Gasteiger partial charge in [-0.05, 0) is 62.2 Å². The SMILES string of the molecule is CCn1cc([C@@H](CC(=O)NCCN2CCCC2)c2cc(OC)cc(OC)c2)c2ccccc21. The monoisotopic (exact) mass is 449 g/mol. The smallest absolute Gasteiger partial charge is 0.220 e. The minimum absolute atomic E-state index is 0.0642. The van der Waals surface area contributed by atoms with Gasteiger partial charge in [0, 0.05) is 55.1 Å². The molecule has 0 radical (unpaired) electrons. The lowest BCUT2D eigenvalue weighted by Gasteiger charge is -2.20. The number of aromatic nitrogens is 1. The quantitative estimate of drug-likeness (QED) is 0.498. The molecule has 0 spiro atoms. The number of carbonyl (C=O) groups is 1. The zero-order chi connectivity index (χ0) is 23.2. The molecule has 2 aromatic carbocycles. The van der Waals surface area contributed by atoms with Crippen LogP contribution in [0.25, 0.3) is 10.9 Å². The van der Waals surface area contributed by atoms with Gasteiger partial charge in [0.25, 0.3) is 0 Å². The van der Waals surface area contributed by atoms with Crippen LogP contribution in [-0.4, -0.2) is 55.8 Å². The lowest BCUT2D eigenvalue weighted by molar-refractivity contribution is -0.121. The first-order valence-electron chi connectivity index (χ1n) is 11.9. The van der Waals surface area contributed by atoms with E-state index >= 15 is 0 Å². The number of amides is 1. The van der Waals surface area contributed by atoms with Crippen LogP contribution in [0.2, 0.25) is 0 Å². The number of nitrogens with one attached hydrogen (secondary N) is 1. The first-order valence-corrected chi connectivity index (χ1v) is 11.9. The van der Waals surface area contributed by atoms with Gasteiger partial charge in [-0.2, -0.15) is 0 Å². The lowest BCUT2D eigenvalue weighted by Crippen LogP contribution is -2.34. The van der Waals surface area contributed by atoms with E-state index in [-0.39, 0.29) is 11.8 Å². The van der Waals surface area contributed by atoms with E-state index < -0.39 is 0 Å². The van der Waals surface area contributed by atoms with Crippen molar-refractivity contribution in [3.05, 3.63) is 59.8 Å². The Balaban J connectivity index is 1.65. The van der Waals surface area contributed by atoms with Gasteiger partial charge in [-0.15, -0.1) is 0 Å². The molecule has 3 aromatic rings. The summed E-state index contributed by atoms with van der Waals surface area (Å²) in [6.45, 7) is 6.89. The maximum absolute atomic E-state index is 13.1. The van der Waals surface area contributed by atoms with E-state index in [0.717, 1.165) is 48.8 Å². The van der Waals surface area contributed by atoms with E-state index in [1.165, 1.54) is 23.7 Å². The number of aryl methyl sites for hydroxylation is 1. The molecule has 6 heteroatoms. The molecule has 1 aliphatic heterocycles. The number of rotatable bonds is 10. The summed E-state index contributed by atoms with van der Waals surface area (Å²) in [5.41, 5.74) is 3.35. The average Bonchev–Trinajstić information content (AvgIpc) is 3.50. The van der Waals surface area contributed by atoms with Gasteiger partial charge >= 0.3 is 0 Å². The predicted molar refractivity (Wildman–Crippen MR) is 132 cm³/mol. The number of para-hydroxylation sites is 1. The fourth-order valence-corrected chi connectivity index (χ4v) is 4.87. The third-order valence-electron chi connectivity index (χ3n) is 6.65. The molecule has 1 aromatic heterocycles. The van der Waals surface area contributed by atoms with Crippen LogP contribution in [0.15, 0.2) is 48.7 Å². The summed E-state index contributed by atoms with van der Waals surface area (Å²) in [5.74, 6) is 1.40. The highest BCUT2D eigenvalue weighted by Crippen LogP contribution is 2.37. The third kappa shape index (κ3) is 5.33. The Morgan fingerprint density at radius 2 is 1.76 bits per heavy atom. The molecular formula is C27H35N3O3. The van der Waals surface area contributed by atoms with Crippen LogP contribution in [0.3, 0.4) is 0 Å². The van der Waals surface area contributed by atoms with Crippen molar-refractivity contribution >= 4 is 16.8 Å². The normalized spacial score (nSPS) is 15.0. The molecule has 0 saturated carbocycles. The molecule has 0 bridgehead atoms. The highest BCUT2D eigenvalue weighted by molar-refractivity contribution is 5.86. The topological polar surface area (TPSA) is 55.7 Å². The van der Waals surface area contributed by atoms with Gasteiger partial charge in [0.15, 0.2) is 0 Å². The van der Waals surface area contributed by atoms with Crippen molar-refractivity contribution in [1.82, 2.24) is 14.8 Å². The van der Waals surface area contributed by atoms with E-state index in [9.17, 15) is 4.79 Å². The summed E-state index contributed by atoms with van der Waals surface area (Å²) < 4.78 is 13.3. The Morgan fingerprint density at radius 3 is 2.42 bits per heavy atom. The van der Waals surface area contributed by atoms with E-state index in [1.807, 2.05) is 18.2 Å². The van der Waals surface area contributed by atoms with E-state index in [0.29, 0.717) is 13.0 Å². The molecule has 33 heavy (non-hydrogen) atoms. The fourth-order valence-electron chi connectivity index (χ4n) is 4.87. The standard InChI is InChI=1S/C27H35N3O3/c1-4-30-19-25(23-9-5-6-10-26(23)30)24(20-15-21(32-2)17-22(16-20)33-3)18-27(31)28-11-14-29-12-7-8-13-29/h5-6,9-10,15-17,19,24H,4,7-8,11-14,18H2,1-3H3,(H,28,31)/t24-/m0/s1. The summed E-state index contributed by atoms with van der Waals surface area (Å²) >= 11 is 0. The van der Waals surface area contributed by atoms with Crippen LogP contribution in [-0.2, 0) is 11.3 Å². The van der Waals surface area contributed by atoms with E-state index in [1.54, 1.807) is 14.2 Å². The minimum atomic E-state index is -0.113. The summed E-state index contributed by atoms with van der Waals surface area (Å²) in [5, 5.41) is 4.33. The first-order chi connectivity index (χ1) is 16.1. The highest BCUT2D eigenvalue weighted by atomic mass is 16.5. The van der Waals surface area contributed by atoms with Crippen LogP contribution in [0.1, 0.15) is 43.2 Å².